The molecule has 0 unspecified atom stereocenters. The van der Waals surface area contributed by atoms with Crippen LogP contribution >= 0.6 is 0 Å². The van der Waals surface area contributed by atoms with Crippen molar-refractivity contribution in [1.82, 2.24) is 5.32 Å². The van der Waals surface area contributed by atoms with E-state index < -0.39 is 0 Å². The van der Waals surface area contributed by atoms with Crippen molar-refractivity contribution in [2.45, 2.75) is 6.04 Å². The molecule has 2 aliphatic heterocycles. The lowest BCUT2D eigenvalue weighted by Crippen LogP contribution is -2.61. The molecule has 2 heterocycles. The molecule has 86 valence electrons. The summed E-state index contributed by atoms with van der Waals surface area (Å²) in [6, 6.07) is 7.72. The van der Waals surface area contributed by atoms with E-state index >= 15 is 0 Å². The zero-order valence-electron chi connectivity index (χ0n) is 9.23. The molecule has 5 heteroatoms. The molecule has 0 saturated carbocycles. The molecule has 1 aromatic rings. The van der Waals surface area contributed by atoms with Gasteiger partial charge in [-0.1, -0.05) is 0 Å². The Balaban J connectivity index is 2.05. The topological polar surface area (TPSA) is 68.2 Å². The zero-order chi connectivity index (χ0) is 11.8. The summed E-state index contributed by atoms with van der Waals surface area (Å²) in [6.45, 7) is 1.97. The van der Waals surface area contributed by atoms with Gasteiger partial charge >= 0.3 is 0 Å². The second-order valence-electron chi connectivity index (χ2n) is 4.27. The van der Waals surface area contributed by atoms with Crippen LogP contribution in [0.3, 0.4) is 0 Å². The first kappa shape index (κ1) is 10.1. The van der Waals surface area contributed by atoms with Crippen molar-refractivity contribution < 1.29 is 4.79 Å². The SMILES string of the molecule is N#Cc1ccc2c(c1)N(C1CNC1)C(=O)CN2. The van der Waals surface area contributed by atoms with E-state index in [1.165, 1.54) is 0 Å². The van der Waals surface area contributed by atoms with Gasteiger partial charge in [-0.3, -0.25) is 4.79 Å². The van der Waals surface area contributed by atoms with E-state index in [1.54, 1.807) is 12.1 Å². The lowest BCUT2D eigenvalue weighted by atomic mass is 10.0. The molecule has 17 heavy (non-hydrogen) atoms. The molecule has 0 atom stereocenters. The molecule has 5 nitrogen and oxygen atoms in total. The molecular formula is C12H12N4O. The Morgan fingerprint density at radius 3 is 2.88 bits per heavy atom. The largest absolute Gasteiger partial charge is 0.374 e. The number of fused-ring (bicyclic) bond motifs is 1. The highest BCUT2D eigenvalue weighted by Crippen LogP contribution is 2.32. The monoisotopic (exact) mass is 228 g/mol. The maximum Gasteiger partial charge on any atom is 0.246 e. The van der Waals surface area contributed by atoms with Gasteiger partial charge in [0.25, 0.3) is 0 Å². The number of benzene rings is 1. The van der Waals surface area contributed by atoms with Crippen LogP contribution in [-0.4, -0.2) is 31.6 Å². The third-order valence-electron chi connectivity index (χ3n) is 3.21. The fraction of sp³-hybridized carbons (Fsp3) is 0.333. The quantitative estimate of drug-likeness (QED) is 0.725. The van der Waals surface area contributed by atoms with Crippen LogP contribution in [0.4, 0.5) is 11.4 Å². The Morgan fingerprint density at radius 2 is 2.24 bits per heavy atom. The summed E-state index contributed by atoms with van der Waals surface area (Å²) < 4.78 is 0. The number of amides is 1. The van der Waals surface area contributed by atoms with Gasteiger partial charge in [-0.15, -0.1) is 0 Å². The predicted molar refractivity (Wildman–Crippen MR) is 63.8 cm³/mol. The summed E-state index contributed by atoms with van der Waals surface area (Å²) in [5.74, 6) is 0.0686. The fourth-order valence-electron chi connectivity index (χ4n) is 2.20. The summed E-state index contributed by atoms with van der Waals surface area (Å²) in [5.41, 5.74) is 2.33. The molecule has 0 radical (unpaired) electrons. The predicted octanol–water partition coefficient (Wildman–Crippen LogP) is 0.289. The summed E-state index contributed by atoms with van der Waals surface area (Å²) in [7, 11) is 0. The number of rotatable bonds is 1. The summed E-state index contributed by atoms with van der Waals surface area (Å²) in [4.78, 5) is 13.8. The standard InChI is InChI=1S/C12H12N4O/c13-4-8-1-2-10-11(3-8)16(9-5-14-6-9)12(17)7-15-10/h1-3,9,14-15H,5-7H2. The molecule has 0 aromatic heterocycles. The number of nitriles is 1. The average molecular weight is 228 g/mol. The van der Waals surface area contributed by atoms with Crippen LogP contribution in [0.1, 0.15) is 5.56 Å². The third-order valence-corrected chi connectivity index (χ3v) is 3.21. The van der Waals surface area contributed by atoms with Gasteiger partial charge in [0.2, 0.25) is 5.91 Å². The summed E-state index contributed by atoms with van der Waals surface area (Å²) >= 11 is 0. The van der Waals surface area contributed by atoms with E-state index in [9.17, 15) is 4.79 Å². The van der Waals surface area contributed by atoms with Crippen molar-refractivity contribution in [3.63, 3.8) is 0 Å². The van der Waals surface area contributed by atoms with E-state index in [0.29, 0.717) is 12.1 Å². The van der Waals surface area contributed by atoms with Crippen molar-refractivity contribution in [1.29, 1.82) is 5.26 Å². The van der Waals surface area contributed by atoms with Crippen LogP contribution in [0.5, 0.6) is 0 Å². The van der Waals surface area contributed by atoms with Crippen molar-refractivity contribution in [3.8, 4) is 6.07 Å². The molecule has 1 fully saturated rings. The van der Waals surface area contributed by atoms with E-state index in [-0.39, 0.29) is 11.9 Å². The number of hydrogen-bond acceptors (Lipinski definition) is 4. The minimum Gasteiger partial charge on any atom is -0.374 e. The maximum atomic E-state index is 11.9. The van der Waals surface area contributed by atoms with Gasteiger partial charge in [-0.25, -0.2) is 0 Å². The van der Waals surface area contributed by atoms with E-state index in [1.807, 2.05) is 11.0 Å². The number of anilines is 2. The van der Waals surface area contributed by atoms with Crippen LogP contribution in [-0.2, 0) is 4.79 Å². The van der Waals surface area contributed by atoms with Gasteiger partial charge < -0.3 is 15.5 Å². The van der Waals surface area contributed by atoms with Crippen LogP contribution in [0.25, 0.3) is 0 Å². The first-order chi connectivity index (χ1) is 8.29. The van der Waals surface area contributed by atoms with Gasteiger partial charge in [-0.05, 0) is 18.2 Å². The zero-order valence-corrected chi connectivity index (χ0v) is 9.23. The van der Waals surface area contributed by atoms with Crippen molar-refractivity contribution in [3.05, 3.63) is 23.8 Å². The average Bonchev–Trinajstić information content (AvgIpc) is 2.30. The molecular weight excluding hydrogens is 216 g/mol. The lowest BCUT2D eigenvalue weighted by Gasteiger charge is -2.41. The van der Waals surface area contributed by atoms with Crippen LogP contribution in [0, 0.1) is 11.3 Å². The van der Waals surface area contributed by atoms with E-state index in [0.717, 1.165) is 24.5 Å². The van der Waals surface area contributed by atoms with Gasteiger partial charge in [0, 0.05) is 13.1 Å². The first-order valence-electron chi connectivity index (χ1n) is 5.60. The minimum atomic E-state index is 0.0686. The normalized spacial score (nSPS) is 19.0. The summed E-state index contributed by atoms with van der Waals surface area (Å²) in [5, 5.41) is 15.1. The van der Waals surface area contributed by atoms with Crippen LogP contribution < -0.4 is 15.5 Å². The molecule has 1 aromatic carbocycles. The Morgan fingerprint density at radius 1 is 1.41 bits per heavy atom. The lowest BCUT2D eigenvalue weighted by molar-refractivity contribution is -0.117. The number of nitrogens with one attached hydrogen (secondary N) is 2. The minimum absolute atomic E-state index is 0.0686. The Labute approximate surface area is 99.0 Å². The number of carbonyl (C=O) groups excluding carboxylic acids is 1. The second-order valence-corrected chi connectivity index (χ2v) is 4.27. The van der Waals surface area contributed by atoms with Gasteiger partial charge in [-0.2, -0.15) is 5.26 Å². The molecule has 2 N–H and O–H groups in total. The number of nitrogens with zero attached hydrogens (tertiary/aromatic N) is 2. The van der Waals surface area contributed by atoms with E-state index in [2.05, 4.69) is 16.7 Å². The van der Waals surface area contributed by atoms with Crippen molar-refractivity contribution >= 4 is 17.3 Å². The van der Waals surface area contributed by atoms with Crippen molar-refractivity contribution in [2.75, 3.05) is 29.9 Å². The van der Waals surface area contributed by atoms with Gasteiger partial charge in [0.15, 0.2) is 0 Å². The molecule has 3 rings (SSSR count). The van der Waals surface area contributed by atoms with Crippen molar-refractivity contribution in [2.24, 2.45) is 0 Å². The third kappa shape index (κ3) is 1.54. The summed E-state index contributed by atoms with van der Waals surface area (Å²) in [6.07, 6.45) is 0. The molecule has 2 aliphatic rings. The number of carbonyl (C=O) groups is 1. The van der Waals surface area contributed by atoms with Crippen LogP contribution in [0.15, 0.2) is 18.2 Å². The van der Waals surface area contributed by atoms with Crippen LogP contribution in [0.2, 0.25) is 0 Å². The van der Waals surface area contributed by atoms with Gasteiger partial charge in [0.05, 0.1) is 35.6 Å². The molecule has 0 spiro atoms. The van der Waals surface area contributed by atoms with E-state index in [4.69, 9.17) is 5.26 Å². The smallest absolute Gasteiger partial charge is 0.246 e. The highest BCUT2D eigenvalue weighted by Gasteiger charge is 2.33. The fourth-order valence-corrected chi connectivity index (χ4v) is 2.20. The highest BCUT2D eigenvalue weighted by molar-refractivity contribution is 6.03. The van der Waals surface area contributed by atoms with Gasteiger partial charge in [0.1, 0.15) is 0 Å². The molecule has 1 saturated heterocycles. The molecule has 1 amide bonds. The Bertz CT molecular complexity index is 516. The second kappa shape index (κ2) is 3.75. The maximum absolute atomic E-state index is 11.9. The first-order valence-corrected chi connectivity index (χ1v) is 5.60. The molecule has 0 aliphatic carbocycles. The molecule has 0 bridgehead atoms. The highest BCUT2D eigenvalue weighted by atomic mass is 16.2. The number of hydrogen-bond donors (Lipinski definition) is 2. The Hall–Kier alpha value is -2.06. The Kier molecular flexibility index (Phi) is 2.23.